The van der Waals surface area contributed by atoms with E-state index >= 15 is 0 Å². The zero-order valence-electron chi connectivity index (χ0n) is 6.83. The summed E-state index contributed by atoms with van der Waals surface area (Å²) in [4.78, 5) is 21.8. The highest BCUT2D eigenvalue weighted by Crippen LogP contribution is 2.02. The number of rotatable bonds is 0. The van der Waals surface area contributed by atoms with Crippen molar-refractivity contribution in [1.29, 1.82) is 0 Å². The summed E-state index contributed by atoms with van der Waals surface area (Å²) in [7, 11) is 1.67. The molecule has 0 saturated carbocycles. The third-order valence-electron chi connectivity index (χ3n) is 1.75. The van der Waals surface area contributed by atoms with E-state index in [1.165, 1.54) is 4.57 Å². The fourth-order valence-electron chi connectivity index (χ4n) is 1.10. The highest BCUT2D eigenvalue weighted by atomic mass is 16.1. The molecule has 2 aromatic heterocycles. The minimum Gasteiger partial charge on any atom is -0.303 e. The molecule has 2 rings (SSSR count). The molecule has 0 spiro atoms. The molecule has 0 aliphatic carbocycles. The monoisotopic (exact) mass is 164 g/mol. The molecule has 2 aromatic rings. The van der Waals surface area contributed by atoms with E-state index in [2.05, 4.69) is 15.0 Å². The number of aromatic amines is 1. The first-order chi connectivity index (χ1) is 5.68. The maximum absolute atomic E-state index is 11.1. The minimum atomic E-state index is -0.162. The molecule has 2 heterocycles. The largest absolute Gasteiger partial charge is 0.327 e. The van der Waals surface area contributed by atoms with E-state index in [0.29, 0.717) is 17.0 Å². The lowest BCUT2D eigenvalue weighted by Crippen LogP contribution is -2.12. The molecule has 0 aliphatic heterocycles. The van der Waals surface area contributed by atoms with Gasteiger partial charge in [0.25, 0.3) is 0 Å². The number of nitrogens with zero attached hydrogens (tertiary/aromatic N) is 3. The average Bonchev–Trinajstić information content (AvgIpc) is 2.31. The van der Waals surface area contributed by atoms with Crippen LogP contribution in [0.1, 0.15) is 5.82 Å². The average molecular weight is 164 g/mol. The van der Waals surface area contributed by atoms with Gasteiger partial charge >= 0.3 is 5.69 Å². The normalized spacial score (nSPS) is 10.8. The maximum Gasteiger partial charge on any atom is 0.327 e. The van der Waals surface area contributed by atoms with Crippen LogP contribution in [0, 0.1) is 6.92 Å². The van der Waals surface area contributed by atoms with Gasteiger partial charge in [0.05, 0.1) is 6.20 Å². The van der Waals surface area contributed by atoms with Gasteiger partial charge in [0.1, 0.15) is 11.3 Å². The second-order valence-corrected chi connectivity index (χ2v) is 2.64. The van der Waals surface area contributed by atoms with E-state index in [1.807, 2.05) is 0 Å². The lowest BCUT2D eigenvalue weighted by Gasteiger charge is -1.92. The van der Waals surface area contributed by atoms with Gasteiger partial charge in [-0.2, -0.15) is 0 Å². The minimum absolute atomic E-state index is 0.162. The topological polar surface area (TPSA) is 63.6 Å². The van der Waals surface area contributed by atoms with Gasteiger partial charge in [-0.1, -0.05) is 0 Å². The maximum atomic E-state index is 11.1. The van der Waals surface area contributed by atoms with Crippen molar-refractivity contribution < 1.29 is 0 Å². The van der Waals surface area contributed by atoms with E-state index in [-0.39, 0.29) is 5.69 Å². The van der Waals surface area contributed by atoms with Gasteiger partial charge in [-0.3, -0.25) is 4.57 Å². The second kappa shape index (κ2) is 2.17. The molecule has 0 aliphatic rings. The first kappa shape index (κ1) is 7.02. The van der Waals surface area contributed by atoms with Crippen molar-refractivity contribution in [2.75, 3.05) is 0 Å². The van der Waals surface area contributed by atoms with Crippen molar-refractivity contribution in [2.24, 2.45) is 7.05 Å². The number of hydrogen-bond acceptors (Lipinski definition) is 3. The van der Waals surface area contributed by atoms with E-state index in [4.69, 9.17) is 0 Å². The Morgan fingerprint density at radius 2 is 2.33 bits per heavy atom. The van der Waals surface area contributed by atoms with Gasteiger partial charge in [0, 0.05) is 7.05 Å². The Bertz CT molecular complexity index is 482. The van der Waals surface area contributed by atoms with Crippen LogP contribution in [0.3, 0.4) is 0 Å². The van der Waals surface area contributed by atoms with E-state index in [9.17, 15) is 4.79 Å². The van der Waals surface area contributed by atoms with Gasteiger partial charge in [0.15, 0.2) is 5.65 Å². The first-order valence-corrected chi connectivity index (χ1v) is 3.57. The molecular formula is C7H8N4O. The summed E-state index contributed by atoms with van der Waals surface area (Å²) >= 11 is 0. The summed E-state index contributed by atoms with van der Waals surface area (Å²) in [6.07, 6.45) is 1.61. The first-order valence-electron chi connectivity index (χ1n) is 3.57. The summed E-state index contributed by atoms with van der Waals surface area (Å²) in [5, 5.41) is 0. The Morgan fingerprint density at radius 1 is 1.58 bits per heavy atom. The molecule has 0 aromatic carbocycles. The van der Waals surface area contributed by atoms with Gasteiger partial charge in [-0.15, -0.1) is 0 Å². The summed E-state index contributed by atoms with van der Waals surface area (Å²) < 4.78 is 1.46. The van der Waals surface area contributed by atoms with Crippen LogP contribution >= 0.6 is 0 Å². The molecule has 12 heavy (non-hydrogen) atoms. The Hall–Kier alpha value is -1.65. The molecule has 0 bridgehead atoms. The number of aryl methyl sites for hydroxylation is 2. The summed E-state index contributed by atoms with van der Waals surface area (Å²) in [6.45, 7) is 1.79. The van der Waals surface area contributed by atoms with Gasteiger partial charge in [-0.25, -0.2) is 14.8 Å². The molecule has 62 valence electrons. The third-order valence-corrected chi connectivity index (χ3v) is 1.75. The summed E-state index contributed by atoms with van der Waals surface area (Å²) in [5.74, 6) is 0.664. The number of fused-ring (bicyclic) bond motifs is 1. The fourth-order valence-corrected chi connectivity index (χ4v) is 1.10. The number of nitrogens with one attached hydrogen (secondary N) is 1. The lowest BCUT2D eigenvalue weighted by molar-refractivity contribution is 0.873. The van der Waals surface area contributed by atoms with Crippen LogP contribution in [0.2, 0.25) is 0 Å². The molecule has 0 amide bonds. The molecule has 1 N–H and O–H groups in total. The molecule has 5 heteroatoms. The van der Waals surface area contributed by atoms with Crippen LogP contribution in [0.4, 0.5) is 0 Å². The smallest absolute Gasteiger partial charge is 0.303 e. The van der Waals surface area contributed by atoms with Crippen molar-refractivity contribution in [3.8, 4) is 0 Å². The van der Waals surface area contributed by atoms with Crippen LogP contribution < -0.4 is 5.69 Å². The molecule has 0 saturated heterocycles. The molecule has 0 atom stereocenters. The lowest BCUT2D eigenvalue weighted by atomic mass is 10.5. The van der Waals surface area contributed by atoms with Crippen LogP contribution in [-0.4, -0.2) is 19.5 Å². The zero-order chi connectivity index (χ0) is 8.72. The van der Waals surface area contributed by atoms with Crippen LogP contribution in [0.25, 0.3) is 11.2 Å². The van der Waals surface area contributed by atoms with Crippen molar-refractivity contribution in [2.45, 2.75) is 6.92 Å². The second-order valence-electron chi connectivity index (χ2n) is 2.64. The van der Waals surface area contributed by atoms with Gasteiger partial charge < -0.3 is 4.98 Å². The van der Waals surface area contributed by atoms with Crippen LogP contribution in [0.5, 0.6) is 0 Å². The van der Waals surface area contributed by atoms with Crippen LogP contribution in [-0.2, 0) is 7.05 Å². The molecular weight excluding hydrogens is 156 g/mol. The Kier molecular flexibility index (Phi) is 1.27. The SMILES string of the molecule is Cc1ncc2[nH]c(=O)n(C)c2n1. The van der Waals surface area contributed by atoms with Crippen molar-refractivity contribution >= 4 is 11.2 Å². The summed E-state index contributed by atoms with van der Waals surface area (Å²) in [5.41, 5.74) is 1.16. The Labute approximate surface area is 68.1 Å². The molecule has 5 nitrogen and oxygen atoms in total. The van der Waals surface area contributed by atoms with E-state index < -0.39 is 0 Å². The molecule has 0 radical (unpaired) electrons. The Balaban J connectivity index is 2.98. The standard InChI is InChI=1S/C7H8N4O/c1-4-8-3-5-6(9-4)11(2)7(12)10-5/h3H,1-2H3,(H,10,12). The molecule has 0 fully saturated rings. The van der Waals surface area contributed by atoms with Crippen molar-refractivity contribution in [1.82, 2.24) is 19.5 Å². The predicted molar refractivity (Wildman–Crippen MR) is 43.9 cm³/mol. The quantitative estimate of drug-likeness (QED) is 0.594. The summed E-state index contributed by atoms with van der Waals surface area (Å²) in [6, 6.07) is 0. The fraction of sp³-hybridized carbons (Fsp3) is 0.286. The highest BCUT2D eigenvalue weighted by molar-refractivity contribution is 5.68. The van der Waals surface area contributed by atoms with E-state index in [0.717, 1.165) is 0 Å². The van der Waals surface area contributed by atoms with Crippen molar-refractivity contribution in [3.05, 3.63) is 22.5 Å². The highest BCUT2D eigenvalue weighted by Gasteiger charge is 2.03. The third kappa shape index (κ3) is 0.827. The number of aromatic nitrogens is 4. The van der Waals surface area contributed by atoms with Crippen molar-refractivity contribution in [3.63, 3.8) is 0 Å². The Morgan fingerprint density at radius 3 is 3.08 bits per heavy atom. The van der Waals surface area contributed by atoms with Gasteiger partial charge in [0.2, 0.25) is 0 Å². The van der Waals surface area contributed by atoms with Crippen LogP contribution in [0.15, 0.2) is 11.0 Å². The molecule has 0 unspecified atom stereocenters. The number of imidazole rings is 1. The number of H-pyrrole nitrogens is 1. The zero-order valence-corrected chi connectivity index (χ0v) is 6.83. The number of hydrogen-bond donors (Lipinski definition) is 1. The van der Waals surface area contributed by atoms with Gasteiger partial charge in [-0.05, 0) is 6.92 Å². The predicted octanol–water partition coefficient (Wildman–Crippen LogP) is -0.0350. The van der Waals surface area contributed by atoms with E-state index in [1.54, 1.807) is 20.2 Å².